The van der Waals surface area contributed by atoms with E-state index < -0.39 is 0 Å². The first kappa shape index (κ1) is 17.0. The molecule has 0 unspecified atom stereocenters. The van der Waals surface area contributed by atoms with Gasteiger partial charge in [0.25, 0.3) is 5.89 Å². The van der Waals surface area contributed by atoms with Crippen molar-refractivity contribution in [3.8, 4) is 5.75 Å². The lowest BCUT2D eigenvalue weighted by molar-refractivity contribution is 0.259. The highest BCUT2D eigenvalue weighted by atomic mass is 16.5. The Morgan fingerprint density at radius 1 is 1.00 bits per heavy atom. The number of para-hydroxylation sites is 2. The zero-order valence-electron chi connectivity index (χ0n) is 14.8. The minimum Gasteiger partial charge on any atom is -0.484 e. The molecule has 0 amide bonds. The highest BCUT2D eigenvalue weighted by Gasteiger charge is 2.11. The van der Waals surface area contributed by atoms with Crippen LogP contribution in [0.2, 0.25) is 0 Å². The maximum absolute atomic E-state index is 5.66. The van der Waals surface area contributed by atoms with Gasteiger partial charge in [0.2, 0.25) is 5.89 Å². The van der Waals surface area contributed by atoms with E-state index in [0.717, 1.165) is 11.4 Å². The van der Waals surface area contributed by atoms with Gasteiger partial charge in [-0.3, -0.25) is 0 Å². The molecule has 5 heteroatoms. The second kappa shape index (κ2) is 7.83. The van der Waals surface area contributed by atoms with Crippen LogP contribution in [0.3, 0.4) is 0 Å². The molecule has 1 heterocycles. The van der Waals surface area contributed by atoms with E-state index in [1.165, 1.54) is 11.1 Å². The van der Waals surface area contributed by atoms with Gasteiger partial charge in [-0.1, -0.05) is 50.2 Å². The fourth-order valence-electron chi connectivity index (χ4n) is 2.66. The number of nitrogens with zero attached hydrogens (tertiary/aromatic N) is 2. The molecule has 0 spiro atoms. The van der Waals surface area contributed by atoms with E-state index in [4.69, 9.17) is 9.15 Å². The molecule has 0 bridgehead atoms. The highest BCUT2D eigenvalue weighted by Crippen LogP contribution is 2.27. The molecular formula is C20H23N3O2. The van der Waals surface area contributed by atoms with Crippen molar-refractivity contribution in [1.82, 2.24) is 10.2 Å². The van der Waals surface area contributed by atoms with E-state index in [2.05, 4.69) is 54.5 Å². The van der Waals surface area contributed by atoms with Gasteiger partial charge in [-0.2, -0.15) is 0 Å². The third-order valence-electron chi connectivity index (χ3n) is 3.96. The van der Waals surface area contributed by atoms with Gasteiger partial charge in [-0.25, -0.2) is 0 Å². The van der Waals surface area contributed by atoms with E-state index in [1.807, 2.05) is 30.3 Å². The van der Waals surface area contributed by atoms with Gasteiger partial charge in [0.15, 0.2) is 6.61 Å². The van der Waals surface area contributed by atoms with Gasteiger partial charge in [0, 0.05) is 5.69 Å². The van der Waals surface area contributed by atoms with Crippen LogP contribution in [-0.4, -0.2) is 10.2 Å². The summed E-state index contributed by atoms with van der Waals surface area (Å²) in [6, 6.07) is 15.9. The maximum atomic E-state index is 5.66. The van der Waals surface area contributed by atoms with Crippen LogP contribution in [0.4, 0.5) is 5.69 Å². The molecule has 3 rings (SSSR count). The van der Waals surface area contributed by atoms with E-state index in [-0.39, 0.29) is 6.61 Å². The first-order chi connectivity index (χ1) is 12.1. The Hall–Kier alpha value is -2.82. The van der Waals surface area contributed by atoms with Gasteiger partial charge in [0.05, 0.1) is 6.54 Å². The van der Waals surface area contributed by atoms with Crippen LogP contribution in [0.5, 0.6) is 5.75 Å². The summed E-state index contributed by atoms with van der Waals surface area (Å²) in [6.45, 7) is 7.22. The van der Waals surface area contributed by atoms with Crippen LogP contribution in [0, 0.1) is 6.92 Å². The van der Waals surface area contributed by atoms with Crippen molar-refractivity contribution in [2.45, 2.75) is 39.8 Å². The van der Waals surface area contributed by atoms with Crippen LogP contribution in [0.15, 0.2) is 52.9 Å². The molecule has 0 fully saturated rings. The molecule has 0 saturated carbocycles. The highest BCUT2D eigenvalue weighted by molar-refractivity contribution is 5.58. The zero-order valence-corrected chi connectivity index (χ0v) is 14.8. The van der Waals surface area contributed by atoms with Crippen LogP contribution in [0.25, 0.3) is 0 Å². The first-order valence-electron chi connectivity index (χ1n) is 8.46. The quantitative estimate of drug-likeness (QED) is 0.677. The van der Waals surface area contributed by atoms with Crippen LogP contribution < -0.4 is 10.1 Å². The van der Waals surface area contributed by atoms with Crippen molar-refractivity contribution >= 4 is 5.69 Å². The van der Waals surface area contributed by atoms with Crippen molar-refractivity contribution < 1.29 is 9.15 Å². The van der Waals surface area contributed by atoms with Gasteiger partial charge in [-0.15, -0.1) is 10.2 Å². The molecule has 1 N–H and O–H groups in total. The number of hydrogen-bond acceptors (Lipinski definition) is 5. The van der Waals surface area contributed by atoms with Gasteiger partial charge in [0.1, 0.15) is 5.75 Å². The topological polar surface area (TPSA) is 60.2 Å². The van der Waals surface area contributed by atoms with E-state index >= 15 is 0 Å². The monoisotopic (exact) mass is 337 g/mol. The van der Waals surface area contributed by atoms with Gasteiger partial charge >= 0.3 is 0 Å². The molecular weight excluding hydrogens is 314 g/mol. The summed E-state index contributed by atoms with van der Waals surface area (Å²) in [5.74, 6) is 2.24. The number of aromatic nitrogens is 2. The van der Waals surface area contributed by atoms with Crippen molar-refractivity contribution in [2.75, 3.05) is 5.32 Å². The molecule has 5 nitrogen and oxygen atoms in total. The molecule has 0 atom stereocenters. The molecule has 2 aromatic carbocycles. The smallest absolute Gasteiger partial charge is 0.253 e. The molecule has 25 heavy (non-hydrogen) atoms. The average Bonchev–Trinajstić information content (AvgIpc) is 3.07. The molecule has 1 aromatic heterocycles. The van der Waals surface area contributed by atoms with Crippen LogP contribution in [0.1, 0.15) is 42.7 Å². The average molecular weight is 337 g/mol. The molecule has 0 aliphatic rings. The predicted molar refractivity (Wildman–Crippen MR) is 97.7 cm³/mol. The van der Waals surface area contributed by atoms with Gasteiger partial charge in [-0.05, 0) is 36.1 Å². The predicted octanol–water partition coefficient (Wildman–Crippen LogP) is 4.69. The standard InChI is InChI=1S/C20H23N3O2/c1-14(2)17-11-7-8-15(3)20(17)21-12-18-22-23-19(25-18)13-24-16-9-5-4-6-10-16/h4-11,14,21H,12-13H2,1-3H3. The van der Waals surface area contributed by atoms with Crippen LogP contribution >= 0.6 is 0 Å². The van der Waals surface area contributed by atoms with Crippen molar-refractivity contribution in [3.63, 3.8) is 0 Å². The van der Waals surface area contributed by atoms with Crippen molar-refractivity contribution in [1.29, 1.82) is 0 Å². The molecule has 3 aromatic rings. The zero-order chi connectivity index (χ0) is 17.6. The lowest BCUT2D eigenvalue weighted by atomic mass is 9.98. The minimum absolute atomic E-state index is 0.263. The number of hydrogen-bond donors (Lipinski definition) is 1. The second-order valence-electron chi connectivity index (χ2n) is 6.24. The molecule has 0 radical (unpaired) electrons. The minimum atomic E-state index is 0.263. The summed E-state index contributed by atoms with van der Waals surface area (Å²) in [7, 11) is 0. The number of aryl methyl sites for hydroxylation is 1. The molecule has 0 saturated heterocycles. The fraction of sp³-hybridized carbons (Fsp3) is 0.300. The van der Waals surface area contributed by atoms with E-state index in [1.54, 1.807) is 0 Å². The Morgan fingerprint density at radius 3 is 2.52 bits per heavy atom. The third kappa shape index (κ3) is 4.38. The third-order valence-corrected chi connectivity index (χ3v) is 3.96. The summed E-state index contributed by atoms with van der Waals surface area (Å²) in [6.07, 6.45) is 0. The maximum Gasteiger partial charge on any atom is 0.253 e. The second-order valence-corrected chi connectivity index (χ2v) is 6.24. The summed E-state index contributed by atoms with van der Waals surface area (Å²) in [4.78, 5) is 0. The van der Waals surface area contributed by atoms with E-state index in [9.17, 15) is 0 Å². The van der Waals surface area contributed by atoms with Crippen molar-refractivity contribution in [2.24, 2.45) is 0 Å². The summed E-state index contributed by atoms with van der Waals surface area (Å²) in [5, 5.41) is 11.6. The van der Waals surface area contributed by atoms with Crippen molar-refractivity contribution in [3.05, 3.63) is 71.4 Å². The van der Waals surface area contributed by atoms with Gasteiger partial charge < -0.3 is 14.5 Å². The van der Waals surface area contributed by atoms with Crippen LogP contribution in [-0.2, 0) is 13.2 Å². The lowest BCUT2D eigenvalue weighted by Gasteiger charge is -2.16. The first-order valence-corrected chi connectivity index (χ1v) is 8.46. The molecule has 0 aliphatic carbocycles. The number of anilines is 1. The number of nitrogens with one attached hydrogen (secondary N) is 1. The lowest BCUT2D eigenvalue weighted by Crippen LogP contribution is -2.05. The molecule has 0 aliphatic heterocycles. The summed E-state index contributed by atoms with van der Waals surface area (Å²) in [5.41, 5.74) is 3.63. The normalized spacial score (nSPS) is 10.9. The van der Waals surface area contributed by atoms with E-state index in [0.29, 0.717) is 24.2 Å². The Balaban J connectivity index is 1.61. The Kier molecular flexibility index (Phi) is 5.33. The SMILES string of the molecule is Cc1cccc(C(C)C)c1NCc1nnc(COc2ccccc2)o1. The summed E-state index contributed by atoms with van der Waals surface area (Å²) < 4.78 is 11.3. The Labute approximate surface area is 148 Å². The largest absolute Gasteiger partial charge is 0.484 e. The fourth-order valence-corrected chi connectivity index (χ4v) is 2.66. The summed E-state index contributed by atoms with van der Waals surface area (Å²) >= 11 is 0. The Morgan fingerprint density at radius 2 is 1.76 bits per heavy atom. The number of benzene rings is 2. The number of rotatable bonds is 7. The Bertz CT molecular complexity index is 813. The number of ether oxygens (including phenoxy) is 1. The molecule has 130 valence electrons.